The molecule has 0 spiro atoms. The van der Waals surface area contributed by atoms with E-state index in [0.29, 0.717) is 18.8 Å². The number of hydrogen-bond acceptors (Lipinski definition) is 3. The fourth-order valence-electron chi connectivity index (χ4n) is 3.81. The lowest BCUT2D eigenvalue weighted by Crippen LogP contribution is -3.13. The lowest BCUT2D eigenvalue weighted by molar-refractivity contribution is -0.917. The molecular formula is C23H24ClN4O2+. The van der Waals surface area contributed by atoms with Crippen molar-refractivity contribution in [3.8, 4) is 5.69 Å². The molecule has 2 heterocycles. The zero-order chi connectivity index (χ0) is 21.1. The molecule has 0 atom stereocenters. The highest BCUT2D eigenvalue weighted by atomic mass is 35.5. The van der Waals surface area contributed by atoms with Gasteiger partial charge in [0.2, 0.25) is 5.43 Å². The number of carbonyl (C=O) groups excluding carboxylic acids is 1. The number of benzene rings is 2. The first kappa shape index (κ1) is 20.3. The number of quaternary nitrogens is 1. The lowest BCUT2D eigenvalue weighted by atomic mass is 10.2. The molecule has 4 rings (SSSR count). The molecular weight excluding hydrogens is 400 g/mol. The molecule has 2 aromatic carbocycles. The van der Waals surface area contributed by atoms with Crippen LogP contribution in [0.15, 0.2) is 65.5 Å². The average Bonchev–Trinajstić information content (AvgIpc) is 2.75. The van der Waals surface area contributed by atoms with E-state index in [9.17, 15) is 9.59 Å². The van der Waals surface area contributed by atoms with Crippen LogP contribution < -0.4 is 10.3 Å². The van der Waals surface area contributed by atoms with Gasteiger partial charge < -0.3 is 9.80 Å². The molecule has 0 radical (unpaired) electrons. The lowest BCUT2D eigenvalue weighted by Gasteiger charge is -2.32. The van der Waals surface area contributed by atoms with Gasteiger partial charge in [0.05, 0.1) is 31.9 Å². The van der Waals surface area contributed by atoms with E-state index in [-0.39, 0.29) is 17.0 Å². The van der Waals surface area contributed by atoms with Crippen molar-refractivity contribution in [2.45, 2.75) is 13.5 Å². The second-order valence-corrected chi connectivity index (χ2v) is 8.03. The molecule has 3 aromatic rings. The minimum atomic E-state index is -0.335. The monoisotopic (exact) mass is 423 g/mol. The van der Waals surface area contributed by atoms with Gasteiger partial charge in [-0.05, 0) is 31.2 Å². The van der Waals surface area contributed by atoms with Crippen LogP contribution in [0.25, 0.3) is 5.69 Å². The zero-order valence-corrected chi connectivity index (χ0v) is 17.6. The molecule has 154 valence electrons. The molecule has 6 nitrogen and oxygen atoms in total. The van der Waals surface area contributed by atoms with Gasteiger partial charge in [0, 0.05) is 22.3 Å². The third kappa shape index (κ3) is 4.45. The Kier molecular flexibility index (Phi) is 5.97. The van der Waals surface area contributed by atoms with E-state index in [4.69, 9.17) is 11.6 Å². The quantitative estimate of drug-likeness (QED) is 0.695. The molecule has 1 N–H and O–H groups in total. The Hall–Kier alpha value is -2.96. The summed E-state index contributed by atoms with van der Waals surface area (Å²) < 4.78 is 1.65. The number of amides is 1. The summed E-state index contributed by atoms with van der Waals surface area (Å²) >= 11 is 6.08. The van der Waals surface area contributed by atoms with E-state index in [2.05, 4.69) is 11.2 Å². The molecule has 1 fully saturated rings. The van der Waals surface area contributed by atoms with Crippen molar-refractivity contribution in [1.29, 1.82) is 0 Å². The summed E-state index contributed by atoms with van der Waals surface area (Å²) in [6.07, 6.45) is 0. The number of aryl methyl sites for hydroxylation is 1. The van der Waals surface area contributed by atoms with Gasteiger partial charge in [0.25, 0.3) is 5.91 Å². The average molecular weight is 424 g/mol. The van der Waals surface area contributed by atoms with Gasteiger partial charge in [-0.2, -0.15) is 5.10 Å². The predicted molar refractivity (Wildman–Crippen MR) is 116 cm³/mol. The normalized spacial score (nSPS) is 14.7. The maximum absolute atomic E-state index is 13.0. The zero-order valence-electron chi connectivity index (χ0n) is 16.8. The van der Waals surface area contributed by atoms with Gasteiger partial charge in [-0.3, -0.25) is 9.59 Å². The molecule has 0 unspecified atom stereocenters. The Bertz CT molecular complexity index is 1110. The Morgan fingerprint density at radius 2 is 1.80 bits per heavy atom. The summed E-state index contributed by atoms with van der Waals surface area (Å²) in [6, 6.07) is 18.9. The highest BCUT2D eigenvalue weighted by Gasteiger charge is 2.27. The van der Waals surface area contributed by atoms with E-state index >= 15 is 0 Å². The molecule has 1 aliphatic rings. The van der Waals surface area contributed by atoms with E-state index < -0.39 is 0 Å². The number of piperazine rings is 1. The van der Waals surface area contributed by atoms with E-state index in [0.717, 1.165) is 30.3 Å². The first-order valence-corrected chi connectivity index (χ1v) is 10.4. The van der Waals surface area contributed by atoms with Gasteiger partial charge in [-0.25, -0.2) is 4.68 Å². The number of carbonyl (C=O) groups is 1. The Balaban J connectivity index is 1.47. The number of halogens is 1. The van der Waals surface area contributed by atoms with Crippen LogP contribution >= 0.6 is 11.6 Å². The van der Waals surface area contributed by atoms with Crippen LogP contribution in [0.3, 0.4) is 0 Å². The number of aromatic nitrogens is 2. The number of nitrogens with zero attached hydrogens (tertiary/aromatic N) is 3. The van der Waals surface area contributed by atoms with Crippen LogP contribution in [0.2, 0.25) is 5.02 Å². The van der Waals surface area contributed by atoms with Crippen molar-refractivity contribution in [3.63, 3.8) is 0 Å². The summed E-state index contributed by atoms with van der Waals surface area (Å²) in [5.41, 5.74) is 2.34. The van der Waals surface area contributed by atoms with E-state index in [1.54, 1.807) is 9.58 Å². The van der Waals surface area contributed by atoms with E-state index in [1.807, 2.05) is 55.5 Å². The molecule has 0 aliphatic carbocycles. The summed E-state index contributed by atoms with van der Waals surface area (Å²) in [7, 11) is 0. The second kappa shape index (κ2) is 8.81. The Labute approximate surface area is 180 Å². The first-order valence-electron chi connectivity index (χ1n) is 10.0. The highest BCUT2D eigenvalue weighted by molar-refractivity contribution is 6.30. The second-order valence-electron chi connectivity index (χ2n) is 7.59. The summed E-state index contributed by atoms with van der Waals surface area (Å²) in [5, 5.41) is 5.14. The number of nitrogens with one attached hydrogen (secondary N) is 1. The van der Waals surface area contributed by atoms with Crippen molar-refractivity contribution in [2.24, 2.45) is 0 Å². The highest BCUT2D eigenvalue weighted by Crippen LogP contribution is 2.11. The predicted octanol–water partition coefficient (Wildman–Crippen LogP) is 1.74. The van der Waals surface area contributed by atoms with Gasteiger partial charge in [-0.1, -0.05) is 41.9 Å². The molecule has 30 heavy (non-hydrogen) atoms. The van der Waals surface area contributed by atoms with Crippen molar-refractivity contribution in [1.82, 2.24) is 14.7 Å². The van der Waals surface area contributed by atoms with Crippen LogP contribution in [0.1, 0.15) is 21.7 Å². The molecule has 1 amide bonds. The Morgan fingerprint density at radius 3 is 2.50 bits per heavy atom. The maximum Gasteiger partial charge on any atom is 0.278 e. The largest absolute Gasteiger partial charge is 0.328 e. The molecule has 0 saturated carbocycles. The minimum absolute atomic E-state index is 0.0252. The van der Waals surface area contributed by atoms with Crippen molar-refractivity contribution in [2.75, 3.05) is 26.2 Å². The molecule has 1 aromatic heterocycles. The van der Waals surface area contributed by atoms with Crippen molar-refractivity contribution in [3.05, 3.63) is 92.9 Å². The third-order valence-electron chi connectivity index (χ3n) is 5.41. The van der Waals surface area contributed by atoms with Gasteiger partial charge in [0.15, 0.2) is 5.69 Å². The number of rotatable bonds is 4. The van der Waals surface area contributed by atoms with Gasteiger partial charge in [0.1, 0.15) is 6.54 Å². The fraction of sp³-hybridized carbons (Fsp3) is 0.261. The van der Waals surface area contributed by atoms with Crippen LogP contribution in [-0.4, -0.2) is 46.8 Å². The van der Waals surface area contributed by atoms with Gasteiger partial charge >= 0.3 is 0 Å². The van der Waals surface area contributed by atoms with Crippen molar-refractivity contribution >= 4 is 17.5 Å². The fourth-order valence-corrected chi connectivity index (χ4v) is 4.03. The van der Waals surface area contributed by atoms with Crippen LogP contribution in [0.5, 0.6) is 0 Å². The van der Waals surface area contributed by atoms with Crippen LogP contribution in [0, 0.1) is 6.92 Å². The summed E-state index contributed by atoms with van der Waals surface area (Å²) in [6.45, 7) is 5.50. The molecule has 7 heteroatoms. The summed E-state index contributed by atoms with van der Waals surface area (Å²) in [4.78, 5) is 28.7. The van der Waals surface area contributed by atoms with Gasteiger partial charge in [-0.15, -0.1) is 0 Å². The van der Waals surface area contributed by atoms with Crippen LogP contribution in [-0.2, 0) is 6.54 Å². The standard InChI is InChI=1S/C23H23ClN4O2/c1-17-14-21(29)22(25-28(17)20-8-3-2-4-9-20)23(30)27-12-10-26(11-13-27)16-18-6-5-7-19(24)15-18/h2-9,14-15H,10-13,16H2,1H3/p+1. The minimum Gasteiger partial charge on any atom is -0.328 e. The smallest absolute Gasteiger partial charge is 0.278 e. The summed E-state index contributed by atoms with van der Waals surface area (Å²) in [5.74, 6) is -0.300. The molecule has 0 bridgehead atoms. The first-order chi connectivity index (χ1) is 14.5. The topological polar surface area (TPSA) is 59.6 Å². The van der Waals surface area contributed by atoms with E-state index in [1.165, 1.54) is 16.5 Å². The number of para-hydroxylation sites is 1. The maximum atomic E-state index is 13.0. The third-order valence-corrected chi connectivity index (χ3v) is 5.65. The number of hydrogen-bond donors (Lipinski definition) is 1. The molecule has 1 saturated heterocycles. The van der Waals surface area contributed by atoms with Crippen LogP contribution in [0.4, 0.5) is 0 Å². The van der Waals surface area contributed by atoms with Crippen molar-refractivity contribution < 1.29 is 9.69 Å². The SMILES string of the molecule is Cc1cc(=O)c(C(=O)N2CC[NH+](Cc3cccc(Cl)c3)CC2)nn1-c1ccccc1. The Morgan fingerprint density at radius 1 is 1.07 bits per heavy atom. The molecule has 1 aliphatic heterocycles.